The number of benzene rings is 2. The third kappa shape index (κ3) is 2.53. The smallest absolute Gasteiger partial charge is 0.233 e. The maximum absolute atomic E-state index is 12.5. The molecular formula is C17H16N2O3. The van der Waals surface area contributed by atoms with Gasteiger partial charge in [-0.15, -0.1) is 0 Å². The highest BCUT2D eigenvalue weighted by atomic mass is 16.5. The molecule has 5 nitrogen and oxygen atoms in total. The molecule has 112 valence electrons. The average molecular weight is 296 g/mol. The molecule has 1 aromatic heterocycles. The van der Waals surface area contributed by atoms with E-state index in [1.807, 2.05) is 48.5 Å². The van der Waals surface area contributed by atoms with E-state index in [-0.39, 0.29) is 12.3 Å². The number of methoxy groups -OCH3 is 1. The summed E-state index contributed by atoms with van der Waals surface area (Å²) in [7, 11) is 3.31. The summed E-state index contributed by atoms with van der Waals surface area (Å²) in [5.41, 5.74) is 2.05. The number of para-hydroxylation sites is 3. The van der Waals surface area contributed by atoms with Crippen LogP contribution in [0.4, 0.5) is 5.69 Å². The van der Waals surface area contributed by atoms with Gasteiger partial charge in [-0.3, -0.25) is 4.79 Å². The first-order chi connectivity index (χ1) is 10.7. The summed E-state index contributed by atoms with van der Waals surface area (Å²) >= 11 is 0. The van der Waals surface area contributed by atoms with Crippen LogP contribution in [0.1, 0.15) is 5.69 Å². The normalized spacial score (nSPS) is 10.6. The highest BCUT2D eigenvalue weighted by Gasteiger charge is 2.18. The lowest BCUT2D eigenvalue weighted by atomic mass is 10.1. The van der Waals surface area contributed by atoms with Crippen LogP contribution in [0.25, 0.3) is 11.0 Å². The molecule has 0 aliphatic carbocycles. The highest BCUT2D eigenvalue weighted by molar-refractivity contribution is 5.97. The van der Waals surface area contributed by atoms with Crippen LogP contribution < -0.4 is 9.64 Å². The minimum absolute atomic E-state index is 0.0800. The molecule has 0 aliphatic rings. The van der Waals surface area contributed by atoms with Crippen molar-refractivity contribution >= 4 is 22.6 Å². The minimum Gasteiger partial charge on any atom is -0.495 e. The zero-order valence-corrected chi connectivity index (χ0v) is 12.4. The zero-order valence-electron chi connectivity index (χ0n) is 12.4. The van der Waals surface area contributed by atoms with Crippen molar-refractivity contribution in [3.05, 3.63) is 54.2 Å². The number of likely N-dealkylation sites (N-methyl/N-ethyl adjacent to an activating group) is 1. The summed E-state index contributed by atoms with van der Waals surface area (Å²) in [6.45, 7) is 0. The Morgan fingerprint density at radius 1 is 1.18 bits per heavy atom. The van der Waals surface area contributed by atoms with Gasteiger partial charge in [0.25, 0.3) is 0 Å². The molecule has 22 heavy (non-hydrogen) atoms. The zero-order chi connectivity index (χ0) is 15.5. The maximum Gasteiger partial charge on any atom is 0.233 e. The molecule has 0 saturated carbocycles. The molecule has 0 N–H and O–H groups in total. The second kappa shape index (κ2) is 5.89. The molecule has 1 amide bonds. The molecule has 0 fully saturated rings. The molecule has 1 heterocycles. The lowest BCUT2D eigenvalue weighted by Crippen LogP contribution is -2.28. The summed E-state index contributed by atoms with van der Waals surface area (Å²) in [4.78, 5) is 14.1. The number of carbonyl (C=O) groups is 1. The molecular weight excluding hydrogens is 280 g/mol. The summed E-state index contributed by atoms with van der Waals surface area (Å²) < 4.78 is 10.5. The molecule has 0 spiro atoms. The van der Waals surface area contributed by atoms with Crippen molar-refractivity contribution in [3.8, 4) is 5.75 Å². The molecule has 0 saturated heterocycles. The van der Waals surface area contributed by atoms with Crippen LogP contribution in [0.5, 0.6) is 5.75 Å². The van der Waals surface area contributed by atoms with Gasteiger partial charge in [0.2, 0.25) is 5.91 Å². The number of carbonyl (C=O) groups excluding carboxylic acids is 1. The third-order valence-electron chi connectivity index (χ3n) is 3.59. The van der Waals surface area contributed by atoms with E-state index in [1.54, 1.807) is 19.1 Å². The van der Waals surface area contributed by atoms with Crippen LogP contribution >= 0.6 is 0 Å². The molecule has 0 bridgehead atoms. The van der Waals surface area contributed by atoms with Crippen molar-refractivity contribution in [2.45, 2.75) is 6.42 Å². The molecule has 2 aromatic carbocycles. The topological polar surface area (TPSA) is 55.6 Å². The van der Waals surface area contributed by atoms with Crippen LogP contribution in [-0.2, 0) is 11.2 Å². The largest absolute Gasteiger partial charge is 0.495 e. The van der Waals surface area contributed by atoms with Crippen molar-refractivity contribution in [2.75, 3.05) is 19.1 Å². The van der Waals surface area contributed by atoms with Crippen molar-refractivity contribution in [1.29, 1.82) is 0 Å². The van der Waals surface area contributed by atoms with Gasteiger partial charge in [0.1, 0.15) is 11.4 Å². The summed E-state index contributed by atoms with van der Waals surface area (Å²) in [5, 5.41) is 4.87. The Bertz CT molecular complexity index is 810. The monoisotopic (exact) mass is 296 g/mol. The van der Waals surface area contributed by atoms with Gasteiger partial charge >= 0.3 is 0 Å². The molecule has 0 radical (unpaired) electrons. The fourth-order valence-electron chi connectivity index (χ4n) is 2.37. The quantitative estimate of drug-likeness (QED) is 0.742. The summed E-state index contributed by atoms with van der Waals surface area (Å²) in [6.07, 6.45) is 0.172. The lowest BCUT2D eigenvalue weighted by Gasteiger charge is -2.19. The first-order valence-electron chi connectivity index (χ1n) is 6.93. The predicted octanol–water partition coefficient (Wildman–Crippen LogP) is 3.04. The van der Waals surface area contributed by atoms with Crippen molar-refractivity contribution in [3.63, 3.8) is 0 Å². The second-order valence-corrected chi connectivity index (χ2v) is 4.93. The number of hydrogen-bond acceptors (Lipinski definition) is 4. The number of anilines is 1. The molecule has 0 unspecified atom stereocenters. The van der Waals surface area contributed by atoms with E-state index in [4.69, 9.17) is 9.26 Å². The molecule has 3 aromatic rings. The van der Waals surface area contributed by atoms with E-state index in [9.17, 15) is 4.79 Å². The standard InChI is InChI=1S/C17H16N2O3/c1-19(14-8-4-6-10-16(14)21-2)17(20)11-13-12-7-3-5-9-15(12)22-18-13/h3-10H,11H2,1-2H3. The van der Waals surface area contributed by atoms with E-state index in [0.29, 0.717) is 17.0 Å². The second-order valence-electron chi connectivity index (χ2n) is 4.93. The first kappa shape index (κ1) is 14.1. The van der Waals surface area contributed by atoms with Crippen molar-refractivity contribution < 1.29 is 14.1 Å². The van der Waals surface area contributed by atoms with Gasteiger partial charge in [-0.25, -0.2) is 0 Å². The highest BCUT2D eigenvalue weighted by Crippen LogP contribution is 2.27. The fourth-order valence-corrected chi connectivity index (χ4v) is 2.37. The Labute approximate surface area is 128 Å². The average Bonchev–Trinajstić information content (AvgIpc) is 2.97. The Kier molecular flexibility index (Phi) is 3.78. The molecule has 0 aliphatic heterocycles. The maximum atomic E-state index is 12.5. The van der Waals surface area contributed by atoms with Crippen LogP contribution in [0, 0.1) is 0 Å². The van der Waals surface area contributed by atoms with Crippen LogP contribution in [0.2, 0.25) is 0 Å². The lowest BCUT2D eigenvalue weighted by molar-refractivity contribution is -0.117. The Hall–Kier alpha value is -2.82. The van der Waals surface area contributed by atoms with Crippen LogP contribution in [-0.4, -0.2) is 25.2 Å². The third-order valence-corrected chi connectivity index (χ3v) is 3.59. The van der Waals surface area contributed by atoms with Gasteiger partial charge in [-0.2, -0.15) is 0 Å². The van der Waals surface area contributed by atoms with Gasteiger partial charge in [0.05, 0.1) is 19.2 Å². The van der Waals surface area contributed by atoms with E-state index in [2.05, 4.69) is 5.16 Å². The van der Waals surface area contributed by atoms with Gasteiger partial charge in [-0.05, 0) is 24.3 Å². The predicted molar refractivity (Wildman–Crippen MR) is 84.1 cm³/mol. The fraction of sp³-hybridized carbons (Fsp3) is 0.176. The number of nitrogens with zero attached hydrogens (tertiary/aromatic N) is 2. The van der Waals surface area contributed by atoms with Gasteiger partial charge in [0, 0.05) is 12.4 Å². The SMILES string of the molecule is COc1ccccc1N(C)C(=O)Cc1noc2ccccc12. The Morgan fingerprint density at radius 3 is 2.73 bits per heavy atom. The Balaban J connectivity index is 1.85. The summed E-state index contributed by atoms with van der Waals surface area (Å²) in [5.74, 6) is 0.576. The number of aromatic nitrogens is 1. The number of amides is 1. The van der Waals surface area contributed by atoms with Crippen LogP contribution in [0.15, 0.2) is 53.1 Å². The number of fused-ring (bicyclic) bond motifs is 1. The van der Waals surface area contributed by atoms with Gasteiger partial charge < -0.3 is 14.2 Å². The Morgan fingerprint density at radius 2 is 1.91 bits per heavy atom. The minimum atomic E-state index is -0.0800. The van der Waals surface area contributed by atoms with Crippen LogP contribution in [0.3, 0.4) is 0 Å². The number of ether oxygens (including phenoxy) is 1. The van der Waals surface area contributed by atoms with Gasteiger partial charge in [-0.1, -0.05) is 29.4 Å². The molecule has 3 rings (SSSR count). The van der Waals surface area contributed by atoms with E-state index >= 15 is 0 Å². The van der Waals surface area contributed by atoms with E-state index in [0.717, 1.165) is 11.1 Å². The number of rotatable bonds is 4. The van der Waals surface area contributed by atoms with Crippen molar-refractivity contribution in [1.82, 2.24) is 5.16 Å². The summed E-state index contributed by atoms with van der Waals surface area (Å²) in [6, 6.07) is 14.9. The van der Waals surface area contributed by atoms with Crippen molar-refractivity contribution in [2.24, 2.45) is 0 Å². The van der Waals surface area contributed by atoms with E-state index < -0.39 is 0 Å². The first-order valence-corrected chi connectivity index (χ1v) is 6.93. The molecule has 5 heteroatoms. The van der Waals surface area contributed by atoms with E-state index in [1.165, 1.54) is 0 Å². The molecule has 0 atom stereocenters. The number of hydrogen-bond donors (Lipinski definition) is 0. The van der Waals surface area contributed by atoms with Gasteiger partial charge in [0.15, 0.2) is 5.58 Å².